The second kappa shape index (κ2) is 7.29. The van der Waals surface area contributed by atoms with Crippen molar-refractivity contribution in [2.75, 3.05) is 36.5 Å². The Bertz CT molecular complexity index is 836. The molecular formula is C21H25N3O3. The van der Waals surface area contributed by atoms with E-state index >= 15 is 0 Å². The van der Waals surface area contributed by atoms with Crippen LogP contribution in [0.3, 0.4) is 0 Å². The molecule has 6 nitrogen and oxygen atoms in total. The fourth-order valence-electron chi connectivity index (χ4n) is 3.76. The van der Waals surface area contributed by atoms with Crippen molar-refractivity contribution in [2.24, 2.45) is 0 Å². The van der Waals surface area contributed by atoms with Crippen LogP contribution in [0.4, 0.5) is 11.4 Å². The first-order valence-electron chi connectivity index (χ1n) is 9.41. The van der Waals surface area contributed by atoms with Gasteiger partial charge in [0.2, 0.25) is 0 Å². The number of aromatic nitrogens is 1. The molecule has 2 saturated heterocycles. The average molecular weight is 367 g/mol. The molecule has 0 saturated carbocycles. The van der Waals surface area contributed by atoms with Gasteiger partial charge >= 0.3 is 0 Å². The first-order valence-corrected chi connectivity index (χ1v) is 9.41. The minimum absolute atomic E-state index is 0.146. The van der Waals surface area contributed by atoms with Crippen LogP contribution in [0.2, 0.25) is 0 Å². The van der Waals surface area contributed by atoms with Gasteiger partial charge in [-0.1, -0.05) is 17.7 Å². The Morgan fingerprint density at radius 2 is 1.85 bits per heavy atom. The van der Waals surface area contributed by atoms with Gasteiger partial charge in [-0.15, -0.1) is 0 Å². The van der Waals surface area contributed by atoms with Crippen LogP contribution in [-0.4, -0.2) is 43.0 Å². The number of benzene rings is 1. The van der Waals surface area contributed by atoms with E-state index < -0.39 is 5.79 Å². The van der Waals surface area contributed by atoms with E-state index in [1.165, 1.54) is 5.56 Å². The number of carbonyl (C=O) groups excluding carboxylic acids is 1. The van der Waals surface area contributed by atoms with Gasteiger partial charge in [0, 0.05) is 37.8 Å². The molecule has 1 aromatic heterocycles. The van der Waals surface area contributed by atoms with Crippen LogP contribution in [0, 0.1) is 13.8 Å². The van der Waals surface area contributed by atoms with Gasteiger partial charge in [-0.25, -0.2) is 0 Å². The van der Waals surface area contributed by atoms with Crippen LogP contribution in [0.5, 0.6) is 0 Å². The zero-order valence-corrected chi connectivity index (χ0v) is 15.8. The van der Waals surface area contributed by atoms with E-state index in [4.69, 9.17) is 9.47 Å². The molecule has 1 aromatic carbocycles. The van der Waals surface area contributed by atoms with E-state index in [0.29, 0.717) is 18.8 Å². The summed E-state index contributed by atoms with van der Waals surface area (Å²) in [6.07, 6.45) is 5.07. The van der Waals surface area contributed by atoms with Crippen molar-refractivity contribution in [3.8, 4) is 0 Å². The van der Waals surface area contributed by atoms with E-state index in [2.05, 4.69) is 21.3 Å². The molecule has 2 fully saturated rings. The summed E-state index contributed by atoms with van der Waals surface area (Å²) >= 11 is 0. The molecule has 1 amide bonds. The lowest BCUT2D eigenvalue weighted by atomic mass is 10.0. The number of carbonyl (C=O) groups is 1. The Balaban J connectivity index is 1.45. The monoisotopic (exact) mass is 367 g/mol. The van der Waals surface area contributed by atoms with Crippen LogP contribution >= 0.6 is 0 Å². The predicted octanol–water partition coefficient (Wildman–Crippen LogP) is 3.29. The molecule has 0 bridgehead atoms. The molecule has 0 atom stereocenters. The molecule has 0 radical (unpaired) electrons. The van der Waals surface area contributed by atoms with Crippen LogP contribution in [0.1, 0.15) is 34.3 Å². The van der Waals surface area contributed by atoms with Crippen LogP contribution in [0.25, 0.3) is 0 Å². The fraction of sp³-hybridized carbons (Fsp3) is 0.429. The van der Waals surface area contributed by atoms with E-state index in [1.807, 2.05) is 38.2 Å². The highest BCUT2D eigenvalue weighted by Crippen LogP contribution is 2.33. The lowest BCUT2D eigenvalue weighted by molar-refractivity contribution is -0.169. The van der Waals surface area contributed by atoms with Gasteiger partial charge in [-0.2, -0.15) is 0 Å². The topological polar surface area (TPSA) is 63.7 Å². The second-order valence-corrected chi connectivity index (χ2v) is 7.30. The van der Waals surface area contributed by atoms with Crippen molar-refractivity contribution < 1.29 is 14.3 Å². The third-order valence-electron chi connectivity index (χ3n) is 5.32. The Morgan fingerprint density at radius 3 is 2.56 bits per heavy atom. The zero-order valence-electron chi connectivity index (χ0n) is 15.8. The van der Waals surface area contributed by atoms with Crippen molar-refractivity contribution in [1.82, 2.24) is 4.98 Å². The maximum atomic E-state index is 12.7. The molecule has 2 aliphatic heterocycles. The summed E-state index contributed by atoms with van der Waals surface area (Å²) in [5.74, 6) is -0.547. The summed E-state index contributed by atoms with van der Waals surface area (Å²) < 4.78 is 11.6. The van der Waals surface area contributed by atoms with Crippen molar-refractivity contribution >= 4 is 17.3 Å². The highest BCUT2D eigenvalue weighted by molar-refractivity contribution is 6.05. The van der Waals surface area contributed by atoms with Crippen molar-refractivity contribution in [3.05, 3.63) is 53.3 Å². The van der Waals surface area contributed by atoms with Gasteiger partial charge in [-0.3, -0.25) is 9.78 Å². The molecular weight excluding hydrogens is 342 g/mol. The first kappa shape index (κ1) is 17.9. The Kier molecular flexibility index (Phi) is 4.85. The number of hydrogen-bond acceptors (Lipinski definition) is 5. The summed E-state index contributed by atoms with van der Waals surface area (Å²) in [5.41, 5.74) is 4.56. The first-order chi connectivity index (χ1) is 13.0. The number of nitrogens with one attached hydrogen (secondary N) is 1. The smallest absolute Gasteiger partial charge is 0.257 e. The normalized spacial score (nSPS) is 18.7. The Morgan fingerprint density at radius 1 is 1.11 bits per heavy atom. The van der Waals surface area contributed by atoms with Gasteiger partial charge in [0.25, 0.3) is 5.91 Å². The lowest BCUT2D eigenvalue weighted by Gasteiger charge is -2.38. The van der Waals surface area contributed by atoms with E-state index in [1.54, 1.807) is 6.20 Å². The maximum absolute atomic E-state index is 12.7. The average Bonchev–Trinajstić information content (AvgIpc) is 3.12. The SMILES string of the molecule is Cc1ccc(NC(=O)c2cncc(N3CCC4(CC3)OCCO4)c2)c(C)c1. The fourth-order valence-corrected chi connectivity index (χ4v) is 3.76. The summed E-state index contributed by atoms with van der Waals surface area (Å²) in [5, 5.41) is 2.99. The molecule has 142 valence electrons. The largest absolute Gasteiger partial charge is 0.370 e. The van der Waals surface area contributed by atoms with E-state index in [9.17, 15) is 4.79 Å². The third kappa shape index (κ3) is 3.82. The van der Waals surface area contributed by atoms with Crippen molar-refractivity contribution in [1.29, 1.82) is 0 Å². The standard InChI is InChI=1S/C21H25N3O3/c1-15-3-4-19(16(2)11-15)23-20(25)17-12-18(14-22-13-17)24-7-5-21(6-8-24)26-9-10-27-21/h3-4,11-14H,5-10H2,1-2H3,(H,23,25). The van der Waals surface area contributed by atoms with Gasteiger partial charge in [-0.05, 0) is 31.5 Å². The molecule has 1 N–H and O–H groups in total. The number of amides is 1. The Labute approximate surface area is 159 Å². The minimum atomic E-state index is -0.401. The molecule has 0 unspecified atom stereocenters. The Hall–Kier alpha value is -2.44. The number of pyridine rings is 1. The number of hydrogen-bond donors (Lipinski definition) is 1. The van der Waals surface area contributed by atoms with Gasteiger partial charge in [0.15, 0.2) is 5.79 Å². The quantitative estimate of drug-likeness (QED) is 0.902. The highest BCUT2D eigenvalue weighted by Gasteiger charge is 2.39. The van der Waals surface area contributed by atoms with Crippen molar-refractivity contribution in [3.63, 3.8) is 0 Å². The lowest BCUT2D eigenvalue weighted by Crippen LogP contribution is -2.45. The molecule has 27 heavy (non-hydrogen) atoms. The van der Waals surface area contributed by atoms with Gasteiger partial charge in [0.1, 0.15) is 0 Å². The van der Waals surface area contributed by atoms with E-state index in [-0.39, 0.29) is 5.91 Å². The zero-order chi connectivity index (χ0) is 18.9. The number of piperidine rings is 1. The number of aryl methyl sites for hydroxylation is 2. The van der Waals surface area contributed by atoms with Crippen LogP contribution in [0.15, 0.2) is 36.7 Å². The molecule has 2 aromatic rings. The number of nitrogens with zero attached hydrogens (tertiary/aromatic N) is 2. The van der Waals surface area contributed by atoms with Gasteiger partial charge < -0.3 is 19.7 Å². The molecule has 3 heterocycles. The second-order valence-electron chi connectivity index (χ2n) is 7.30. The van der Waals surface area contributed by atoms with Crippen molar-refractivity contribution in [2.45, 2.75) is 32.5 Å². The van der Waals surface area contributed by atoms with E-state index in [0.717, 1.165) is 42.9 Å². The third-order valence-corrected chi connectivity index (χ3v) is 5.32. The molecule has 2 aliphatic rings. The van der Waals surface area contributed by atoms with Crippen LogP contribution < -0.4 is 10.2 Å². The number of anilines is 2. The molecule has 6 heteroatoms. The number of rotatable bonds is 3. The minimum Gasteiger partial charge on any atom is -0.370 e. The maximum Gasteiger partial charge on any atom is 0.257 e. The van der Waals surface area contributed by atoms with Crippen LogP contribution in [-0.2, 0) is 9.47 Å². The molecule has 0 aliphatic carbocycles. The van der Waals surface area contributed by atoms with Gasteiger partial charge in [0.05, 0.1) is 30.7 Å². The predicted molar refractivity (Wildman–Crippen MR) is 104 cm³/mol. The summed E-state index contributed by atoms with van der Waals surface area (Å²) in [6, 6.07) is 7.89. The summed E-state index contributed by atoms with van der Waals surface area (Å²) in [4.78, 5) is 19.2. The summed E-state index contributed by atoms with van der Waals surface area (Å²) in [7, 11) is 0. The number of ether oxygens (including phenoxy) is 2. The molecule has 1 spiro atoms. The molecule has 4 rings (SSSR count). The summed E-state index contributed by atoms with van der Waals surface area (Å²) in [6.45, 7) is 7.03. The highest BCUT2D eigenvalue weighted by atomic mass is 16.7.